The second kappa shape index (κ2) is 5.29. The van der Waals surface area contributed by atoms with Gasteiger partial charge in [-0.15, -0.1) is 0 Å². The standard InChI is InChI=1S/C11H13NO5/c1-4-16-11(15)8-5-9(17-7(3)14)12-10(8)6(2)13/h5,12H,4H2,1-3H3. The van der Waals surface area contributed by atoms with Crippen molar-refractivity contribution in [2.45, 2.75) is 20.8 Å². The fraction of sp³-hybridized carbons (Fsp3) is 0.364. The zero-order valence-corrected chi connectivity index (χ0v) is 9.83. The first-order valence-electron chi connectivity index (χ1n) is 5.05. The van der Waals surface area contributed by atoms with E-state index in [1.165, 1.54) is 19.9 Å². The Morgan fingerprint density at radius 3 is 2.41 bits per heavy atom. The van der Waals surface area contributed by atoms with Gasteiger partial charge in [-0.2, -0.15) is 0 Å². The Labute approximate surface area is 97.9 Å². The Hall–Kier alpha value is -2.11. The van der Waals surface area contributed by atoms with Crippen molar-refractivity contribution in [3.63, 3.8) is 0 Å². The molecular weight excluding hydrogens is 226 g/mol. The van der Waals surface area contributed by atoms with Crippen molar-refractivity contribution >= 4 is 17.7 Å². The molecule has 0 radical (unpaired) electrons. The SMILES string of the molecule is CCOC(=O)c1cc(OC(C)=O)[nH]c1C(C)=O. The molecule has 0 saturated heterocycles. The fourth-order valence-corrected chi connectivity index (χ4v) is 1.29. The quantitative estimate of drug-likeness (QED) is 0.632. The van der Waals surface area contributed by atoms with Crippen LogP contribution in [0.3, 0.4) is 0 Å². The molecule has 0 aromatic carbocycles. The third-order valence-electron chi connectivity index (χ3n) is 1.89. The molecule has 17 heavy (non-hydrogen) atoms. The summed E-state index contributed by atoms with van der Waals surface area (Å²) in [5.74, 6) is -1.47. The van der Waals surface area contributed by atoms with Crippen LogP contribution in [0.5, 0.6) is 5.88 Å². The molecule has 0 amide bonds. The van der Waals surface area contributed by atoms with E-state index >= 15 is 0 Å². The Kier molecular flexibility index (Phi) is 4.03. The molecule has 0 bridgehead atoms. The van der Waals surface area contributed by atoms with Crippen molar-refractivity contribution < 1.29 is 23.9 Å². The normalized spacial score (nSPS) is 9.82. The highest BCUT2D eigenvalue weighted by atomic mass is 16.5. The van der Waals surface area contributed by atoms with Crippen LogP contribution in [0.25, 0.3) is 0 Å². The molecule has 1 heterocycles. The van der Waals surface area contributed by atoms with Crippen molar-refractivity contribution in [2.24, 2.45) is 0 Å². The van der Waals surface area contributed by atoms with Crippen LogP contribution in [0, 0.1) is 0 Å². The summed E-state index contributed by atoms with van der Waals surface area (Å²) in [6.07, 6.45) is 0. The first kappa shape index (κ1) is 13.0. The van der Waals surface area contributed by atoms with Gasteiger partial charge in [0, 0.05) is 19.9 Å². The van der Waals surface area contributed by atoms with E-state index in [0.29, 0.717) is 0 Å². The van der Waals surface area contributed by atoms with Crippen LogP contribution in [-0.2, 0) is 9.53 Å². The minimum absolute atomic E-state index is 0.0470. The first-order chi connectivity index (χ1) is 7.95. The third-order valence-corrected chi connectivity index (χ3v) is 1.89. The van der Waals surface area contributed by atoms with Gasteiger partial charge in [0.2, 0.25) is 5.88 Å². The van der Waals surface area contributed by atoms with Gasteiger partial charge < -0.3 is 14.5 Å². The van der Waals surface area contributed by atoms with Gasteiger partial charge in [-0.05, 0) is 6.92 Å². The van der Waals surface area contributed by atoms with Gasteiger partial charge in [0.15, 0.2) is 5.78 Å². The summed E-state index contributed by atoms with van der Waals surface area (Å²) in [5, 5.41) is 0. The van der Waals surface area contributed by atoms with E-state index in [4.69, 9.17) is 9.47 Å². The van der Waals surface area contributed by atoms with Crippen molar-refractivity contribution in [1.29, 1.82) is 0 Å². The van der Waals surface area contributed by atoms with E-state index in [1.807, 2.05) is 0 Å². The number of Topliss-reactive ketones (excluding diaryl/α,β-unsaturated/α-hetero) is 1. The van der Waals surface area contributed by atoms with Crippen molar-refractivity contribution in [3.05, 3.63) is 17.3 Å². The largest absolute Gasteiger partial charge is 0.462 e. The summed E-state index contributed by atoms with van der Waals surface area (Å²) in [4.78, 5) is 36.1. The third kappa shape index (κ3) is 3.17. The molecule has 6 nitrogen and oxygen atoms in total. The average Bonchev–Trinajstić information content (AvgIpc) is 2.61. The molecule has 0 aliphatic rings. The van der Waals surface area contributed by atoms with Crippen molar-refractivity contribution in [2.75, 3.05) is 6.61 Å². The summed E-state index contributed by atoms with van der Waals surface area (Å²) >= 11 is 0. The first-order valence-corrected chi connectivity index (χ1v) is 5.05. The lowest BCUT2D eigenvalue weighted by molar-refractivity contribution is -0.132. The van der Waals surface area contributed by atoms with Crippen LogP contribution in [-0.4, -0.2) is 29.3 Å². The predicted molar refractivity (Wildman–Crippen MR) is 58.1 cm³/mol. The van der Waals surface area contributed by atoms with Crippen LogP contribution in [0.15, 0.2) is 6.07 Å². The van der Waals surface area contributed by atoms with Gasteiger partial charge in [-0.3, -0.25) is 9.59 Å². The monoisotopic (exact) mass is 239 g/mol. The van der Waals surface area contributed by atoms with Crippen LogP contribution in [0.1, 0.15) is 41.6 Å². The zero-order chi connectivity index (χ0) is 13.0. The van der Waals surface area contributed by atoms with Crippen LogP contribution < -0.4 is 4.74 Å². The highest BCUT2D eigenvalue weighted by Gasteiger charge is 2.20. The number of hydrogen-bond acceptors (Lipinski definition) is 5. The molecule has 0 saturated carbocycles. The van der Waals surface area contributed by atoms with Crippen LogP contribution >= 0.6 is 0 Å². The number of carbonyl (C=O) groups excluding carboxylic acids is 3. The Balaban J connectivity index is 3.09. The molecule has 0 spiro atoms. The number of hydrogen-bond donors (Lipinski definition) is 1. The minimum Gasteiger partial charge on any atom is -0.462 e. The number of H-pyrrole nitrogens is 1. The van der Waals surface area contributed by atoms with Gasteiger partial charge >= 0.3 is 11.9 Å². The van der Waals surface area contributed by atoms with E-state index < -0.39 is 11.9 Å². The second-order valence-electron chi connectivity index (χ2n) is 3.29. The maximum atomic E-state index is 11.5. The molecule has 1 aromatic rings. The highest BCUT2D eigenvalue weighted by molar-refractivity contribution is 6.04. The van der Waals surface area contributed by atoms with E-state index in [0.717, 1.165) is 0 Å². The Morgan fingerprint density at radius 1 is 1.29 bits per heavy atom. The van der Waals surface area contributed by atoms with Gasteiger partial charge in [0.25, 0.3) is 0 Å². The molecule has 92 valence electrons. The maximum Gasteiger partial charge on any atom is 0.340 e. The van der Waals surface area contributed by atoms with Gasteiger partial charge in [0.1, 0.15) is 0 Å². The summed E-state index contributed by atoms with van der Waals surface area (Å²) in [6.45, 7) is 4.37. The number of ketones is 1. The molecule has 1 aromatic heterocycles. The average molecular weight is 239 g/mol. The van der Waals surface area contributed by atoms with Crippen LogP contribution in [0.2, 0.25) is 0 Å². The smallest absolute Gasteiger partial charge is 0.340 e. The molecule has 0 unspecified atom stereocenters. The summed E-state index contributed by atoms with van der Waals surface area (Å²) in [7, 11) is 0. The molecular formula is C11H13NO5. The van der Waals surface area contributed by atoms with E-state index in [-0.39, 0.29) is 29.5 Å². The van der Waals surface area contributed by atoms with Crippen LogP contribution in [0.4, 0.5) is 0 Å². The number of rotatable bonds is 4. The number of ether oxygens (including phenoxy) is 2. The zero-order valence-electron chi connectivity index (χ0n) is 9.83. The number of nitrogens with one attached hydrogen (secondary N) is 1. The molecule has 1 N–H and O–H groups in total. The highest BCUT2D eigenvalue weighted by Crippen LogP contribution is 2.19. The van der Waals surface area contributed by atoms with E-state index in [1.54, 1.807) is 6.92 Å². The van der Waals surface area contributed by atoms with E-state index in [2.05, 4.69) is 4.98 Å². The molecule has 0 aliphatic heterocycles. The van der Waals surface area contributed by atoms with Gasteiger partial charge in [0.05, 0.1) is 17.9 Å². The topological polar surface area (TPSA) is 85.5 Å². The molecule has 1 rings (SSSR count). The molecule has 0 aliphatic carbocycles. The number of aromatic amines is 1. The summed E-state index contributed by atoms with van der Waals surface area (Å²) < 4.78 is 9.54. The van der Waals surface area contributed by atoms with Gasteiger partial charge in [-0.1, -0.05) is 0 Å². The lowest BCUT2D eigenvalue weighted by Crippen LogP contribution is -2.08. The Bertz CT molecular complexity index is 460. The molecule has 0 atom stereocenters. The minimum atomic E-state index is -0.632. The van der Waals surface area contributed by atoms with Gasteiger partial charge in [-0.25, -0.2) is 4.79 Å². The number of esters is 2. The fourth-order valence-electron chi connectivity index (χ4n) is 1.29. The number of carbonyl (C=O) groups is 3. The predicted octanol–water partition coefficient (Wildman–Crippen LogP) is 1.32. The summed E-state index contributed by atoms with van der Waals surface area (Å²) in [5.41, 5.74) is 0.135. The Morgan fingerprint density at radius 2 is 1.94 bits per heavy atom. The van der Waals surface area contributed by atoms with Crippen molar-refractivity contribution in [3.8, 4) is 5.88 Å². The van der Waals surface area contributed by atoms with E-state index in [9.17, 15) is 14.4 Å². The lowest BCUT2D eigenvalue weighted by atomic mass is 10.2. The molecule has 0 fully saturated rings. The molecule has 6 heteroatoms. The maximum absolute atomic E-state index is 11.5. The van der Waals surface area contributed by atoms with Crippen molar-refractivity contribution in [1.82, 2.24) is 4.98 Å². The summed E-state index contributed by atoms with van der Waals surface area (Å²) in [6, 6.07) is 1.27. The second-order valence-corrected chi connectivity index (χ2v) is 3.29. The number of aromatic nitrogens is 1. The lowest BCUT2D eigenvalue weighted by Gasteiger charge is -1.99.